The van der Waals surface area contributed by atoms with Gasteiger partial charge in [0.25, 0.3) is 0 Å². The second kappa shape index (κ2) is 9.68. The minimum Gasteiger partial charge on any atom is -0.496 e. The van der Waals surface area contributed by atoms with Crippen LogP contribution in [0.1, 0.15) is 35.3 Å². The van der Waals surface area contributed by atoms with Gasteiger partial charge in [-0.1, -0.05) is 0 Å². The average molecular weight is 485 g/mol. The van der Waals surface area contributed by atoms with Crippen molar-refractivity contribution in [2.24, 2.45) is 0 Å². The van der Waals surface area contributed by atoms with Gasteiger partial charge in [-0.3, -0.25) is 0 Å². The normalized spacial score (nSPS) is 12.0. The second-order valence-electron chi connectivity index (χ2n) is 7.73. The van der Waals surface area contributed by atoms with Gasteiger partial charge in [-0.15, -0.1) is 11.3 Å². The lowest BCUT2D eigenvalue weighted by Crippen LogP contribution is -2.18. The van der Waals surface area contributed by atoms with Gasteiger partial charge < -0.3 is 24.5 Å². The maximum atomic E-state index is 14.7. The smallest absolute Gasteiger partial charge is 0.349 e. The van der Waals surface area contributed by atoms with Crippen LogP contribution >= 0.6 is 11.3 Å². The Morgan fingerprint density at radius 1 is 1.26 bits per heavy atom. The fourth-order valence-corrected chi connectivity index (χ4v) is 4.90. The number of hydrogen-bond acceptors (Lipinski definition) is 7. The summed E-state index contributed by atoms with van der Waals surface area (Å²) in [6.45, 7) is 6.57. The monoisotopic (exact) mass is 484 g/mol. The Hall–Kier alpha value is -3.66. The van der Waals surface area contributed by atoms with Gasteiger partial charge in [0.2, 0.25) is 0 Å². The van der Waals surface area contributed by atoms with Crippen LogP contribution < -0.4 is 14.8 Å². The van der Waals surface area contributed by atoms with Gasteiger partial charge in [0.05, 0.1) is 29.8 Å². The van der Waals surface area contributed by atoms with Gasteiger partial charge in [0, 0.05) is 35.8 Å². The molecule has 4 rings (SSSR count). The van der Waals surface area contributed by atoms with Gasteiger partial charge in [-0.2, -0.15) is 0 Å². The fourth-order valence-electron chi connectivity index (χ4n) is 3.99. The summed E-state index contributed by atoms with van der Waals surface area (Å²) >= 11 is 1.10. The van der Waals surface area contributed by atoms with Gasteiger partial charge in [0.15, 0.2) is 4.88 Å². The highest BCUT2D eigenvalue weighted by atomic mass is 32.1. The molecule has 10 heteroatoms. The highest BCUT2D eigenvalue weighted by molar-refractivity contribution is 7.17. The molecule has 178 valence electrons. The number of ether oxygens (including phenoxy) is 2. The third-order valence-corrected chi connectivity index (χ3v) is 6.58. The predicted molar refractivity (Wildman–Crippen MR) is 130 cm³/mol. The minimum atomic E-state index is -1.04. The molecule has 8 nitrogen and oxygen atoms in total. The molecule has 0 aliphatic rings. The molecule has 3 heterocycles. The lowest BCUT2D eigenvalue weighted by atomic mass is 10.2. The molecular weight excluding hydrogens is 459 g/mol. The zero-order valence-corrected chi connectivity index (χ0v) is 20.1. The number of halogens is 1. The first-order valence-corrected chi connectivity index (χ1v) is 11.6. The van der Waals surface area contributed by atoms with Crippen molar-refractivity contribution >= 4 is 34.0 Å². The van der Waals surface area contributed by atoms with E-state index in [-0.39, 0.29) is 16.7 Å². The lowest BCUT2D eigenvalue weighted by Gasteiger charge is -2.19. The van der Waals surface area contributed by atoms with E-state index in [9.17, 15) is 14.3 Å². The largest absolute Gasteiger partial charge is 0.496 e. The van der Waals surface area contributed by atoms with E-state index in [1.165, 1.54) is 12.4 Å². The summed E-state index contributed by atoms with van der Waals surface area (Å²) in [4.78, 5) is 20.9. The maximum Gasteiger partial charge on any atom is 0.349 e. The third-order valence-electron chi connectivity index (χ3n) is 5.45. The van der Waals surface area contributed by atoms with E-state index in [0.29, 0.717) is 46.6 Å². The Morgan fingerprint density at radius 3 is 2.76 bits per heavy atom. The maximum absolute atomic E-state index is 14.7. The summed E-state index contributed by atoms with van der Waals surface area (Å²) in [6.07, 6.45) is 1.42. The Morgan fingerprint density at radius 2 is 2.06 bits per heavy atom. The number of nitrogens with one attached hydrogen (secondary N) is 1. The van der Waals surface area contributed by atoms with Crippen LogP contribution in [-0.4, -0.2) is 45.9 Å². The van der Waals surface area contributed by atoms with Crippen molar-refractivity contribution in [3.63, 3.8) is 0 Å². The van der Waals surface area contributed by atoms with E-state index in [1.807, 2.05) is 24.5 Å². The molecule has 0 amide bonds. The standard InChI is InChI=1S/C24H25FN4O4S/c1-5-33-19-10-20(34-23(19)24(30)31)17-9-21(28-12-27-17)26-11-14(3)29-13(2)8-15-18(32-4)7-6-16(25)22(15)29/h6-10,12,14H,5,11H2,1-4H3,(H,30,31)(H,26,27,28). The number of thiophene rings is 1. The summed E-state index contributed by atoms with van der Waals surface area (Å²) in [5.74, 6) is 0.176. The molecule has 0 saturated carbocycles. The Kier molecular flexibility index (Phi) is 6.69. The SMILES string of the molecule is CCOc1cc(-c2cc(NCC(C)n3c(C)cc4c(OC)ccc(F)c43)ncn2)sc1C(=O)O. The fraction of sp³-hybridized carbons (Fsp3) is 0.292. The molecule has 2 N–H and O–H groups in total. The van der Waals surface area contributed by atoms with Gasteiger partial charge in [0.1, 0.15) is 29.5 Å². The molecule has 34 heavy (non-hydrogen) atoms. The highest BCUT2D eigenvalue weighted by Crippen LogP contribution is 2.36. The molecule has 0 bridgehead atoms. The first-order valence-electron chi connectivity index (χ1n) is 10.7. The summed E-state index contributed by atoms with van der Waals surface area (Å²) in [5, 5.41) is 13.5. The predicted octanol–water partition coefficient (Wildman–Crippen LogP) is 5.39. The first-order chi connectivity index (χ1) is 16.3. The number of carbonyl (C=O) groups is 1. The van der Waals surface area contributed by atoms with Crippen LogP contribution in [0.5, 0.6) is 11.5 Å². The zero-order valence-electron chi connectivity index (χ0n) is 19.3. The number of benzene rings is 1. The van der Waals surface area contributed by atoms with Gasteiger partial charge in [-0.05, 0) is 39.0 Å². The number of aromatic nitrogens is 3. The minimum absolute atomic E-state index is 0.0950. The molecule has 1 aromatic carbocycles. The molecule has 1 atom stereocenters. The van der Waals surface area contributed by atoms with E-state index in [2.05, 4.69) is 15.3 Å². The van der Waals surface area contributed by atoms with Crippen molar-refractivity contribution in [2.45, 2.75) is 26.8 Å². The number of methoxy groups -OCH3 is 1. The topological polar surface area (TPSA) is 98.5 Å². The molecule has 0 spiro atoms. The van der Waals surface area contributed by atoms with Crippen LogP contribution in [0.4, 0.5) is 10.2 Å². The van der Waals surface area contributed by atoms with Crippen LogP contribution in [0, 0.1) is 12.7 Å². The van der Waals surface area contributed by atoms with Crippen LogP contribution in [0.2, 0.25) is 0 Å². The number of aromatic carboxylic acids is 1. The molecule has 0 radical (unpaired) electrons. The number of nitrogens with zero attached hydrogens (tertiary/aromatic N) is 3. The number of aryl methyl sites for hydroxylation is 1. The van der Waals surface area contributed by atoms with E-state index >= 15 is 0 Å². The third kappa shape index (κ3) is 4.41. The summed E-state index contributed by atoms with van der Waals surface area (Å²) in [5.41, 5.74) is 2.00. The number of anilines is 1. The van der Waals surface area contributed by atoms with Crippen LogP contribution in [-0.2, 0) is 0 Å². The van der Waals surface area contributed by atoms with Gasteiger partial charge in [-0.25, -0.2) is 19.2 Å². The second-order valence-corrected chi connectivity index (χ2v) is 8.78. The van der Waals surface area contributed by atoms with Crippen LogP contribution in [0.25, 0.3) is 21.5 Å². The molecule has 0 fully saturated rings. The van der Waals surface area contributed by atoms with Crippen molar-refractivity contribution in [2.75, 3.05) is 25.6 Å². The van der Waals surface area contributed by atoms with Crippen molar-refractivity contribution < 1.29 is 23.8 Å². The summed E-state index contributed by atoms with van der Waals surface area (Å²) in [6, 6.07) is 8.30. The van der Waals surface area contributed by atoms with E-state index in [0.717, 1.165) is 22.4 Å². The number of hydrogen-bond donors (Lipinski definition) is 2. The Labute approximate surface area is 200 Å². The van der Waals surface area contributed by atoms with Crippen molar-refractivity contribution in [3.8, 4) is 22.1 Å². The molecule has 0 saturated heterocycles. The lowest BCUT2D eigenvalue weighted by molar-refractivity contribution is 0.0698. The van der Waals surface area contributed by atoms with E-state index < -0.39 is 5.97 Å². The zero-order chi connectivity index (χ0) is 24.4. The number of fused-ring (bicyclic) bond motifs is 1. The van der Waals surface area contributed by atoms with Crippen LogP contribution in [0.3, 0.4) is 0 Å². The average Bonchev–Trinajstić information content (AvgIpc) is 3.40. The molecule has 0 aliphatic heterocycles. The molecule has 1 unspecified atom stereocenters. The number of carboxylic acids is 1. The first kappa shape index (κ1) is 23.5. The van der Waals surface area contributed by atoms with Crippen molar-refractivity contribution in [1.29, 1.82) is 0 Å². The van der Waals surface area contributed by atoms with Crippen LogP contribution in [0.15, 0.2) is 36.7 Å². The quantitative estimate of drug-likeness (QED) is 0.329. The molecular formula is C24H25FN4O4S. The number of carboxylic acid groups (broad SMARTS) is 1. The highest BCUT2D eigenvalue weighted by Gasteiger charge is 2.20. The summed E-state index contributed by atoms with van der Waals surface area (Å²) in [7, 11) is 1.57. The molecule has 0 aliphatic carbocycles. The van der Waals surface area contributed by atoms with Gasteiger partial charge >= 0.3 is 5.97 Å². The summed E-state index contributed by atoms with van der Waals surface area (Å²) < 4.78 is 27.5. The van der Waals surface area contributed by atoms with E-state index in [1.54, 1.807) is 32.2 Å². The van der Waals surface area contributed by atoms with E-state index in [4.69, 9.17) is 9.47 Å². The Bertz CT molecular complexity index is 1350. The Balaban J connectivity index is 1.57. The number of rotatable bonds is 9. The van der Waals surface area contributed by atoms with Crippen molar-refractivity contribution in [1.82, 2.24) is 14.5 Å². The molecule has 3 aromatic heterocycles. The van der Waals surface area contributed by atoms with Crippen molar-refractivity contribution in [3.05, 3.63) is 53.0 Å². The molecule has 4 aromatic rings.